The van der Waals surface area contributed by atoms with Gasteiger partial charge in [-0.05, 0) is 55.8 Å². The van der Waals surface area contributed by atoms with Crippen molar-refractivity contribution in [2.24, 2.45) is 0 Å². The van der Waals surface area contributed by atoms with E-state index in [1.165, 1.54) is 6.92 Å². The molecule has 8 heteroatoms. The monoisotopic (exact) mass is 383 g/mol. The van der Waals surface area contributed by atoms with E-state index >= 15 is 0 Å². The summed E-state index contributed by atoms with van der Waals surface area (Å²) < 4.78 is 10.7. The zero-order valence-corrected chi connectivity index (χ0v) is 15.6. The number of fused-ring (bicyclic) bond motifs is 1. The van der Waals surface area contributed by atoms with Gasteiger partial charge in [0, 0.05) is 5.69 Å². The van der Waals surface area contributed by atoms with E-state index in [2.05, 4.69) is 15.3 Å². The van der Waals surface area contributed by atoms with Crippen LogP contribution < -0.4 is 15.7 Å². The first kappa shape index (κ1) is 19.2. The SMILES string of the molecule is CCCOc1ccc(C(=O)O[C@H](C)C(=O)Nc2ccc3[nH]c(=O)[nH]c3c2)cc1. The number of rotatable bonds is 7. The summed E-state index contributed by atoms with van der Waals surface area (Å²) in [6.07, 6.45) is -0.103. The number of amides is 1. The van der Waals surface area contributed by atoms with Gasteiger partial charge in [0.15, 0.2) is 6.10 Å². The largest absolute Gasteiger partial charge is 0.494 e. The molecule has 2 aromatic carbocycles. The summed E-state index contributed by atoms with van der Waals surface area (Å²) in [7, 11) is 0. The Morgan fingerprint density at radius 3 is 2.50 bits per heavy atom. The predicted octanol–water partition coefficient (Wildman–Crippen LogP) is 2.83. The van der Waals surface area contributed by atoms with E-state index in [1.54, 1.807) is 42.5 Å². The van der Waals surface area contributed by atoms with Gasteiger partial charge in [-0.2, -0.15) is 0 Å². The molecule has 8 nitrogen and oxygen atoms in total. The number of hydrogen-bond donors (Lipinski definition) is 3. The van der Waals surface area contributed by atoms with Crippen LogP contribution in [0.1, 0.15) is 30.6 Å². The van der Waals surface area contributed by atoms with Gasteiger partial charge < -0.3 is 24.8 Å². The van der Waals surface area contributed by atoms with Gasteiger partial charge in [-0.15, -0.1) is 0 Å². The highest BCUT2D eigenvalue weighted by atomic mass is 16.5. The number of anilines is 1. The smallest absolute Gasteiger partial charge is 0.338 e. The molecule has 146 valence electrons. The summed E-state index contributed by atoms with van der Waals surface area (Å²) in [6.45, 7) is 4.10. The maximum Gasteiger partial charge on any atom is 0.338 e. The number of esters is 1. The number of benzene rings is 2. The van der Waals surface area contributed by atoms with Crippen LogP contribution in [0.2, 0.25) is 0 Å². The van der Waals surface area contributed by atoms with E-state index in [1.807, 2.05) is 6.92 Å². The highest BCUT2D eigenvalue weighted by molar-refractivity contribution is 5.98. The number of hydrogen-bond acceptors (Lipinski definition) is 5. The number of carbonyl (C=O) groups is 2. The quantitative estimate of drug-likeness (QED) is 0.543. The molecule has 0 unspecified atom stereocenters. The van der Waals surface area contributed by atoms with Crippen LogP contribution in [-0.4, -0.2) is 34.6 Å². The van der Waals surface area contributed by atoms with Gasteiger partial charge in [0.1, 0.15) is 5.75 Å². The van der Waals surface area contributed by atoms with E-state index in [-0.39, 0.29) is 5.69 Å². The minimum absolute atomic E-state index is 0.327. The van der Waals surface area contributed by atoms with Gasteiger partial charge in [-0.3, -0.25) is 4.79 Å². The normalized spacial score (nSPS) is 11.8. The summed E-state index contributed by atoms with van der Waals surface area (Å²) >= 11 is 0. The van der Waals surface area contributed by atoms with Crippen LogP contribution in [0.4, 0.5) is 5.69 Å². The first-order valence-corrected chi connectivity index (χ1v) is 8.93. The lowest BCUT2D eigenvalue weighted by Crippen LogP contribution is -2.30. The molecule has 1 heterocycles. The van der Waals surface area contributed by atoms with Gasteiger partial charge in [0.05, 0.1) is 23.2 Å². The van der Waals surface area contributed by atoms with Crippen molar-refractivity contribution >= 4 is 28.6 Å². The van der Waals surface area contributed by atoms with E-state index in [4.69, 9.17) is 9.47 Å². The highest BCUT2D eigenvalue weighted by Crippen LogP contribution is 2.16. The maximum atomic E-state index is 12.3. The molecule has 0 spiro atoms. The molecule has 0 aliphatic rings. The second-order valence-electron chi connectivity index (χ2n) is 6.25. The number of nitrogens with one attached hydrogen (secondary N) is 3. The second-order valence-corrected chi connectivity index (χ2v) is 6.25. The van der Waals surface area contributed by atoms with E-state index in [0.29, 0.717) is 34.6 Å². The Balaban J connectivity index is 1.59. The molecule has 0 radical (unpaired) electrons. The van der Waals surface area contributed by atoms with Gasteiger partial charge in [-0.25, -0.2) is 9.59 Å². The fourth-order valence-corrected chi connectivity index (χ4v) is 2.54. The summed E-state index contributed by atoms with van der Waals surface area (Å²) in [5, 5.41) is 2.66. The molecule has 3 aromatic rings. The summed E-state index contributed by atoms with van der Waals surface area (Å²) in [4.78, 5) is 41.1. The number of aromatic amines is 2. The van der Waals surface area contributed by atoms with Crippen LogP contribution in [0.5, 0.6) is 5.75 Å². The molecule has 0 aliphatic heterocycles. The molecule has 1 amide bonds. The number of imidazole rings is 1. The van der Waals surface area contributed by atoms with Crippen molar-refractivity contribution in [3.8, 4) is 5.75 Å². The number of ether oxygens (including phenoxy) is 2. The van der Waals surface area contributed by atoms with E-state index in [9.17, 15) is 14.4 Å². The minimum atomic E-state index is -0.996. The zero-order valence-electron chi connectivity index (χ0n) is 15.6. The van der Waals surface area contributed by atoms with Crippen molar-refractivity contribution in [2.75, 3.05) is 11.9 Å². The Bertz CT molecular complexity index is 1040. The fraction of sp³-hybridized carbons (Fsp3) is 0.250. The average molecular weight is 383 g/mol. The van der Waals surface area contributed by atoms with Gasteiger partial charge in [0.2, 0.25) is 0 Å². The van der Waals surface area contributed by atoms with Crippen LogP contribution in [0.25, 0.3) is 11.0 Å². The summed E-state index contributed by atoms with van der Waals surface area (Å²) in [6, 6.07) is 11.5. The first-order chi connectivity index (χ1) is 13.5. The van der Waals surface area contributed by atoms with Gasteiger partial charge in [0.25, 0.3) is 5.91 Å². The minimum Gasteiger partial charge on any atom is -0.494 e. The number of carbonyl (C=O) groups excluding carboxylic acids is 2. The third kappa shape index (κ3) is 4.59. The molecule has 1 aromatic heterocycles. The maximum absolute atomic E-state index is 12.3. The third-order valence-electron chi connectivity index (χ3n) is 4.00. The lowest BCUT2D eigenvalue weighted by Gasteiger charge is -2.14. The van der Waals surface area contributed by atoms with Crippen LogP contribution >= 0.6 is 0 Å². The van der Waals surface area contributed by atoms with Crippen LogP contribution in [-0.2, 0) is 9.53 Å². The van der Waals surface area contributed by atoms with Crippen LogP contribution in [0, 0.1) is 0 Å². The van der Waals surface area contributed by atoms with E-state index < -0.39 is 18.0 Å². The van der Waals surface area contributed by atoms with Crippen molar-refractivity contribution in [1.82, 2.24) is 9.97 Å². The molecule has 0 saturated heterocycles. The summed E-state index contributed by atoms with van der Waals surface area (Å²) in [5.41, 5.74) is 1.68. The zero-order chi connectivity index (χ0) is 20.1. The Morgan fingerprint density at radius 2 is 1.79 bits per heavy atom. The molecule has 28 heavy (non-hydrogen) atoms. The predicted molar refractivity (Wildman–Crippen MR) is 105 cm³/mol. The standard InChI is InChI=1S/C20H21N3O5/c1-3-10-27-15-7-4-13(5-8-15)19(25)28-12(2)18(24)21-14-6-9-16-17(11-14)23-20(26)22-16/h4-9,11-12H,3,10H2,1-2H3,(H,21,24)(H2,22,23,26)/t12-/m1/s1. The first-order valence-electron chi connectivity index (χ1n) is 8.93. The Hall–Kier alpha value is -3.55. The topological polar surface area (TPSA) is 113 Å². The second kappa shape index (κ2) is 8.43. The molecule has 0 fully saturated rings. The van der Waals surface area contributed by atoms with Crippen molar-refractivity contribution in [3.63, 3.8) is 0 Å². The van der Waals surface area contributed by atoms with E-state index in [0.717, 1.165) is 6.42 Å². The lowest BCUT2D eigenvalue weighted by atomic mass is 10.2. The molecule has 1 atom stereocenters. The molecule has 0 saturated carbocycles. The molecule has 0 aliphatic carbocycles. The van der Waals surface area contributed by atoms with Crippen molar-refractivity contribution < 1.29 is 19.1 Å². The Morgan fingerprint density at radius 1 is 1.07 bits per heavy atom. The molecular formula is C20H21N3O5. The average Bonchev–Trinajstić information content (AvgIpc) is 3.05. The van der Waals surface area contributed by atoms with Crippen LogP contribution in [0.15, 0.2) is 47.3 Å². The number of H-pyrrole nitrogens is 2. The van der Waals surface area contributed by atoms with Crippen molar-refractivity contribution in [3.05, 3.63) is 58.5 Å². The fourth-order valence-electron chi connectivity index (χ4n) is 2.54. The third-order valence-corrected chi connectivity index (χ3v) is 4.00. The Labute approximate surface area is 160 Å². The van der Waals surface area contributed by atoms with Crippen LogP contribution in [0.3, 0.4) is 0 Å². The highest BCUT2D eigenvalue weighted by Gasteiger charge is 2.19. The Kier molecular flexibility index (Phi) is 5.78. The molecule has 0 bridgehead atoms. The van der Waals surface area contributed by atoms with Crippen molar-refractivity contribution in [2.45, 2.75) is 26.4 Å². The molecule has 3 rings (SSSR count). The van der Waals surface area contributed by atoms with Gasteiger partial charge >= 0.3 is 11.7 Å². The lowest BCUT2D eigenvalue weighted by molar-refractivity contribution is -0.123. The molecule has 3 N–H and O–H groups in total. The summed E-state index contributed by atoms with van der Waals surface area (Å²) in [5.74, 6) is -0.411. The van der Waals surface area contributed by atoms with Gasteiger partial charge in [-0.1, -0.05) is 6.92 Å². The van der Waals surface area contributed by atoms with Crippen molar-refractivity contribution in [1.29, 1.82) is 0 Å². The molecular weight excluding hydrogens is 362 g/mol. The number of aromatic nitrogens is 2.